The van der Waals surface area contributed by atoms with Crippen molar-refractivity contribution in [3.8, 4) is 0 Å². The topological polar surface area (TPSA) is 170 Å². The van der Waals surface area contributed by atoms with Crippen molar-refractivity contribution in [1.29, 1.82) is 0 Å². The van der Waals surface area contributed by atoms with Gasteiger partial charge in [-0.3, -0.25) is 9.36 Å². The molecule has 640 valence electrons. The third kappa shape index (κ3) is 30.1. The molecule has 18 heteroatoms. The van der Waals surface area contributed by atoms with E-state index in [-0.39, 0.29) is 81.2 Å². The van der Waals surface area contributed by atoms with Gasteiger partial charge in [0.05, 0.1) is 61.1 Å². The Hall–Kier alpha value is -5.20. The van der Waals surface area contributed by atoms with Gasteiger partial charge in [0.1, 0.15) is 17.3 Å². The normalized spacial score (nSPS) is 13.3. The lowest BCUT2D eigenvalue weighted by atomic mass is 9.78. The Morgan fingerprint density at radius 3 is 1.03 bits per heavy atom. The van der Waals surface area contributed by atoms with Crippen molar-refractivity contribution in [2.24, 2.45) is 21.1 Å². The molecule has 8 heterocycles. The van der Waals surface area contributed by atoms with Crippen LogP contribution in [0.5, 0.6) is 0 Å². The number of aryl methyl sites for hydroxylation is 8. The fourth-order valence-electron chi connectivity index (χ4n) is 13.6. The lowest BCUT2D eigenvalue weighted by molar-refractivity contribution is 0.321. The third-order valence-electron chi connectivity index (χ3n) is 18.3. The summed E-state index contributed by atoms with van der Waals surface area (Å²) in [5, 5.41) is 22.4. The second-order valence-electron chi connectivity index (χ2n) is 46.9. The molecule has 0 unspecified atom stereocenters. The minimum atomic E-state index is 0.0316. The van der Waals surface area contributed by atoms with Gasteiger partial charge in [-0.25, -0.2) is 15.0 Å². The highest BCUT2D eigenvalue weighted by Gasteiger charge is 2.37. The Balaban J connectivity index is 0.000000640. The zero-order valence-electron chi connectivity index (χ0n) is 82.9. The van der Waals surface area contributed by atoms with Gasteiger partial charge in [-0.1, -0.05) is 340 Å². The summed E-state index contributed by atoms with van der Waals surface area (Å²) in [5.74, 6) is 4.33. The van der Waals surface area contributed by atoms with Crippen molar-refractivity contribution in [3.05, 3.63) is 122 Å². The Bertz CT molecular complexity index is 3940. The molecule has 8 rings (SSSR count). The van der Waals surface area contributed by atoms with E-state index in [2.05, 4.69) is 409 Å². The Morgan fingerprint density at radius 2 is 0.741 bits per heavy atom. The van der Waals surface area contributed by atoms with Gasteiger partial charge in [-0.2, -0.15) is 9.47 Å². The molecule has 0 saturated carbocycles. The molecular formula is C94H169N13O2S3. The second kappa shape index (κ2) is 36.8. The molecule has 112 heavy (non-hydrogen) atoms. The van der Waals surface area contributed by atoms with Crippen LogP contribution in [0.1, 0.15) is 454 Å². The highest BCUT2D eigenvalue weighted by Crippen LogP contribution is 2.43. The predicted molar refractivity (Wildman–Crippen MR) is 488 cm³/mol. The van der Waals surface area contributed by atoms with E-state index in [1.54, 1.807) is 11.5 Å². The van der Waals surface area contributed by atoms with Gasteiger partial charge in [0.2, 0.25) is 0 Å². The maximum Gasteiger partial charge on any atom is 0.191 e. The Labute approximate surface area is 699 Å². The van der Waals surface area contributed by atoms with Gasteiger partial charge in [0, 0.05) is 115 Å². The monoisotopic (exact) mass is 1610 g/mol. The quantitative estimate of drug-likeness (QED) is 0.153. The first-order chi connectivity index (χ1) is 49.2. The van der Waals surface area contributed by atoms with Crippen LogP contribution in [0.25, 0.3) is 0 Å². The van der Waals surface area contributed by atoms with Crippen molar-refractivity contribution in [2.45, 2.75) is 454 Å². The van der Waals surface area contributed by atoms with E-state index in [1.165, 1.54) is 82.0 Å². The second-order valence-corrected chi connectivity index (χ2v) is 49.6. The number of thiazole rings is 1. The minimum absolute atomic E-state index is 0.0316. The molecule has 0 bridgehead atoms. The zero-order chi connectivity index (χ0) is 89.1. The van der Waals surface area contributed by atoms with E-state index in [1.807, 2.05) is 48.6 Å². The molecule has 8 aromatic rings. The van der Waals surface area contributed by atoms with E-state index >= 15 is 0 Å². The summed E-state index contributed by atoms with van der Waals surface area (Å²) in [4.78, 5) is 18.0. The Kier molecular flexibility index (Phi) is 34.4. The number of hydrogen-bond acceptors (Lipinski definition) is 15. The standard InChI is InChI=1S/2C13H24N2.C12H21NO.2C12H21NS.C11H21N3.C11H19NO.C10H18N2S/c1-9-14-10(12(2,3)4)11(15(9)8)13(5,6)7;1-9-10(12(2,3)4)11(13(5,6)7)15(8)14-9;1-8-9(11(2,3)4)10(14-13-8)12(5,6)7;1-8-13-9(11(2,3)4)10(14-8)12(5,6)7;1-8-9(11(2,3)4)10(14-13-8)12(5,6)7;1-10(2,3)8-9(11(4,5)6)14(7)13-12-8;1-7(2)9-10(11(4,5)6)12-8(3)13-9;1-9(2,3)7-8(10(4,5)6)13-12-11-7/h2*1-8H3;4*1-7H3;7H,1-6H3;1-6H3. The summed E-state index contributed by atoms with van der Waals surface area (Å²) in [6.07, 6.45) is 0. The summed E-state index contributed by atoms with van der Waals surface area (Å²) in [7, 11) is 6.11. The van der Waals surface area contributed by atoms with Gasteiger partial charge in [0.25, 0.3) is 0 Å². The number of rotatable bonds is 1. The van der Waals surface area contributed by atoms with Crippen LogP contribution in [0.15, 0.2) is 8.94 Å². The van der Waals surface area contributed by atoms with E-state index in [9.17, 15) is 0 Å². The number of aromatic nitrogens is 13. The smallest absolute Gasteiger partial charge is 0.191 e. The molecule has 0 aromatic carbocycles. The lowest BCUT2D eigenvalue weighted by Crippen LogP contribution is -2.24. The molecule has 0 spiro atoms. The summed E-state index contributed by atoms with van der Waals surface area (Å²) < 4.78 is 25.7. The van der Waals surface area contributed by atoms with Gasteiger partial charge in [-0.05, 0) is 95.7 Å². The highest BCUT2D eigenvalue weighted by molar-refractivity contribution is 7.11. The van der Waals surface area contributed by atoms with Crippen LogP contribution in [0.4, 0.5) is 0 Å². The van der Waals surface area contributed by atoms with E-state index in [0.29, 0.717) is 5.92 Å². The first-order valence-electron chi connectivity index (χ1n) is 40.9. The largest absolute Gasteiger partial charge is 0.445 e. The van der Waals surface area contributed by atoms with Crippen LogP contribution in [-0.2, 0) is 102 Å². The molecular weight excluding hydrogens is 1440 g/mol. The average Bonchev–Trinajstić information content (AvgIpc) is 1.63. The molecule has 0 radical (unpaired) electrons. The summed E-state index contributed by atoms with van der Waals surface area (Å²) in [6, 6.07) is 0. The third-order valence-corrected chi connectivity index (χ3v) is 22.2. The van der Waals surface area contributed by atoms with Crippen LogP contribution >= 0.6 is 34.4 Å². The van der Waals surface area contributed by atoms with Crippen molar-refractivity contribution in [3.63, 3.8) is 0 Å². The summed E-state index contributed by atoms with van der Waals surface area (Å²) in [6.45, 7) is 116. The number of imidazole rings is 1. The number of nitrogens with zero attached hydrogens (tertiary/aromatic N) is 13. The van der Waals surface area contributed by atoms with Crippen LogP contribution in [-0.4, -0.2) is 63.4 Å². The predicted octanol–water partition coefficient (Wildman–Crippen LogP) is 27.3. The molecule has 0 aliphatic heterocycles. The van der Waals surface area contributed by atoms with Crippen molar-refractivity contribution in [2.75, 3.05) is 0 Å². The molecule has 8 aromatic heterocycles. The molecule has 15 nitrogen and oxygen atoms in total. The van der Waals surface area contributed by atoms with Crippen molar-refractivity contribution < 1.29 is 8.94 Å². The first-order valence-corrected chi connectivity index (χ1v) is 43.3. The van der Waals surface area contributed by atoms with E-state index in [4.69, 9.17) is 13.9 Å². The summed E-state index contributed by atoms with van der Waals surface area (Å²) in [5.41, 5.74) is 19.3. The lowest BCUT2D eigenvalue weighted by Gasteiger charge is -2.27. The van der Waals surface area contributed by atoms with E-state index in [0.717, 1.165) is 51.7 Å². The number of hydrogen-bond donors (Lipinski definition) is 0. The molecule has 0 aliphatic carbocycles. The first kappa shape index (κ1) is 105. The highest BCUT2D eigenvalue weighted by atomic mass is 32.1. The molecule has 0 fully saturated rings. The van der Waals surface area contributed by atoms with E-state index < -0.39 is 0 Å². The van der Waals surface area contributed by atoms with Gasteiger partial charge >= 0.3 is 0 Å². The van der Waals surface area contributed by atoms with Crippen LogP contribution in [0.3, 0.4) is 0 Å². The van der Waals surface area contributed by atoms with Gasteiger partial charge in [0.15, 0.2) is 5.89 Å². The maximum absolute atomic E-state index is 5.59. The van der Waals surface area contributed by atoms with Gasteiger partial charge < -0.3 is 13.5 Å². The fraction of sp³-hybridized carbons (Fsp3) is 0.766. The van der Waals surface area contributed by atoms with Crippen LogP contribution < -0.4 is 0 Å². The maximum atomic E-state index is 5.59. The minimum Gasteiger partial charge on any atom is -0.445 e. The Morgan fingerprint density at radius 1 is 0.330 bits per heavy atom. The number of oxazole rings is 1. The molecule has 0 saturated heterocycles. The van der Waals surface area contributed by atoms with Gasteiger partial charge in [-0.15, -0.1) is 21.5 Å². The molecule has 0 atom stereocenters. The molecule has 0 amide bonds. The average molecular weight is 1610 g/mol. The van der Waals surface area contributed by atoms with Crippen LogP contribution in [0, 0.1) is 41.5 Å². The van der Waals surface area contributed by atoms with Crippen LogP contribution in [0.2, 0.25) is 0 Å². The van der Waals surface area contributed by atoms with Crippen molar-refractivity contribution in [1.82, 2.24) is 63.4 Å². The SMILES string of the molecule is CC(C)(C)c1nnsc1C(C)(C)C.Cc1nc(C(C)(C)C)c(C(C)(C)C)n1C.Cc1nc(C(C)(C)C)c(C(C)(C)C)s1.Cc1nc(C(C)(C)C)c(C(C)C)o1.Cc1nn(C)c(C(C)(C)C)c1C(C)(C)C.Cc1noc(C(C)(C)C)c1C(C)(C)C.Cc1nsc(C(C)(C)C)c1C(C)(C)C.Cn1nnc(C(C)(C)C)c1C(C)(C)C. The van der Waals surface area contributed by atoms with Crippen molar-refractivity contribution >= 4 is 34.4 Å². The zero-order valence-corrected chi connectivity index (χ0v) is 85.4. The summed E-state index contributed by atoms with van der Waals surface area (Å²) >= 11 is 5.02. The molecule has 0 aliphatic rings. The fourth-order valence-corrected chi connectivity index (χ4v) is 16.9. The molecule has 0 N–H and O–H groups in total.